The van der Waals surface area contributed by atoms with Crippen LogP contribution in [0.3, 0.4) is 0 Å². The van der Waals surface area contributed by atoms with Crippen LogP contribution in [0, 0.1) is 0 Å². The number of hydrogen-bond donors (Lipinski definition) is 2. The Hall–Kier alpha value is -1.88. The van der Waals surface area contributed by atoms with Crippen molar-refractivity contribution in [3.63, 3.8) is 0 Å². The van der Waals surface area contributed by atoms with E-state index in [0.717, 1.165) is 21.5 Å². The second-order valence-corrected chi connectivity index (χ2v) is 5.12. The van der Waals surface area contributed by atoms with Gasteiger partial charge in [-0.25, -0.2) is 0 Å². The van der Waals surface area contributed by atoms with Crippen LogP contribution >= 0.6 is 15.9 Å². The molecule has 0 atom stereocenters. The average molecular weight is 338 g/mol. The summed E-state index contributed by atoms with van der Waals surface area (Å²) in [6.45, 7) is 0.489. The smallest absolute Gasteiger partial charge is 0.162 e. The van der Waals surface area contributed by atoms with Gasteiger partial charge in [-0.15, -0.1) is 0 Å². The highest BCUT2D eigenvalue weighted by atomic mass is 79.9. The third kappa shape index (κ3) is 3.36. The van der Waals surface area contributed by atoms with E-state index in [4.69, 9.17) is 9.47 Å². The molecule has 20 heavy (non-hydrogen) atoms. The summed E-state index contributed by atoms with van der Waals surface area (Å²) in [4.78, 5) is 0. The minimum absolute atomic E-state index is 0.157. The number of methoxy groups -OCH3 is 2. The van der Waals surface area contributed by atoms with Crippen LogP contribution < -0.4 is 14.8 Å². The van der Waals surface area contributed by atoms with E-state index >= 15 is 0 Å². The van der Waals surface area contributed by atoms with E-state index in [2.05, 4.69) is 21.2 Å². The Bertz CT molecular complexity index is 602. The molecule has 0 aliphatic rings. The normalized spacial score (nSPS) is 10.2. The van der Waals surface area contributed by atoms with Gasteiger partial charge in [0.25, 0.3) is 0 Å². The zero-order valence-electron chi connectivity index (χ0n) is 11.3. The molecule has 2 aromatic rings. The van der Waals surface area contributed by atoms with Crippen LogP contribution in [0.4, 0.5) is 5.69 Å². The Morgan fingerprint density at radius 1 is 1.15 bits per heavy atom. The molecule has 0 amide bonds. The van der Waals surface area contributed by atoms with E-state index in [-0.39, 0.29) is 5.75 Å². The highest BCUT2D eigenvalue weighted by Crippen LogP contribution is 2.30. The lowest BCUT2D eigenvalue weighted by atomic mass is 10.2. The zero-order valence-corrected chi connectivity index (χ0v) is 12.9. The van der Waals surface area contributed by atoms with Crippen LogP contribution in [0.1, 0.15) is 5.56 Å². The van der Waals surface area contributed by atoms with E-state index < -0.39 is 0 Å². The molecule has 0 unspecified atom stereocenters. The van der Waals surface area contributed by atoms with Crippen LogP contribution in [0.15, 0.2) is 40.9 Å². The first-order valence-electron chi connectivity index (χ1n) is 6.07. The summed E-state index contributed by atoms with van der Waals surface area (Å²) >= 11 is 3.43. The number of phenolic OH excluding ortho intramolecular Hbond substituents is 1. The van der Waals surface area contributed by atoms with Gasteiger partial charge >= 0.3 is 0 Å². The average Bonchev–Trinajstić information content (AvgIpc) is 2.45. The molecule has 0 aromatic heterocycles. The van der Waals surface area contributed by atoms with Crippen molar-refractivity contribution in [3.05, 3.63) is 46.4 Å². The van der Waals surface area contributed by atoms with E-state index in [0.29, 0.717) is 12.3 Å². The summed E-state index contributed by atoms with van der Waals surface area (Å²) in [5, 5.41) is 13.3. The third-order valence-electron chi connectivity index (χ3n) is 2.89. The number of rotatable bonds is 5. The van der Waals surface area contributed by atoms with Crippen LogP contribution in [0.2, 0.25) is 0 Å². The molecule has 0 heterocycles. The Balaban J connectivity index is 2.14. The summed E-state index contributed by atoms with van der Waals surface area (Å²) in [6.07, 6.45) is 0. The molecular weight excluding hydrogens is 322 g/mol. The van der Waals surface area contributed by atoms with Gasteiger partial charge in [0.1, 0.15) is 5.75 Å². The minimum Gasteiger partial charge on any atom is -0.504 e. The number of phenols is 1. The van der Waals surface area contributed by atoms with Crippen molar-refractivity contribution in [2.75, 3.05) is 19.5 Å². The molecular formula is C15H16BrNO3. The van der Waals surface area contributed by atoms with Gasteiger partial charge in [0.15, 0.2) is 11.5 Å². The molecule has 4 nitrogen and oxygen atoms in total. The number of benzene rings is 2. The van der Waals surface area contributed by atoms with Gasteiger partial charge in [-0.2, -0.15) is 0 Å². The maximum absolute atomic E-state index is 10.0. The molecule has 0 saturated carbocycles. The first kappa shape index (κ1) is 14.5. The second-order valence-electron chi connectivity index (χ2n) is 4.20. The molecule has 2 aromatic carbocycles. The number of anilines is 1. The number of para-hydroxylation sites is 1. The molecule has 106 valence electrons. The van der Waals surface area contributed by atoms with Crippen molar-refractivity contribution in [1.82, 2.24) is 0 Å². The van der Waals surface area contributed by atoms with E-state index in [1.54, 1.807) is 13.2 Å². The molecule has 2 N–H and O–H groups in total. The SMILES string of the molecule is COc1cc(Br)cc(NCc2cccc(OC)c2O)c1. The van der Waals surface area contributed by atoms with Crippen LogP contribution in [-0.2, 0) is 6.54 Å². The van der Waals surface area contributed by atoms with Crippen LogP contribution in [0.25, 0.3) is 0 Å². The monoisotopic (exact) mass is 337 g/mol. The maximum Gasteiger partial charge on any atom is 0.162 e. The minimum atomic E-state index is 0.157. The number of aromatic hydroxyl groups is 1. The molecule has 0 bridgehead atoms. The fraction of sp³-hybridized carbons (Fsp3) is 0.200. The lowest BCUT2D eigenvalue weighted by Crippen LogP contribution is -2.01. The Labute approximate surface area is 126 Å². The van der Waals surface area contributed by atoms with E-state index in [9.17, 15) is 5.11 Å². The molecule has 0 spiro atoms. The number of halogens is 1. The van der Waals surface area contributed by atoms with Crippen molar-refractivity contribution < 1.29 is 14.6 Å². The van der Waals surface area contributed by atoms with Crippen molar-refractivity contribution in [3.8, 4) is 17.2 Å². The predicted octanol–water partition coefficient (Wildman–Crippen LogP) is 3.78. The Morgan fingerprint density at radius 2 is 1.95 bits per heavy atom. The molecule has 2 rings (SSSR count). The largest absolute Gasteiger partial charge is 0.504 e. The van der Waals surface area contributed by atoms with Crippen molar-refractivity contribution in [2.45, 2.75) is 6.54 Å². The summed E-state index contributed by atoms with van der Waals surface area (Å²) in [6, 6.07) is 11.1. The van der Waals surface area contributed by atoms with Gasteiger partial charge in [0, 0.05) is 28.3 Å². The number of hydrogen-bond acceptors (Lipinski definition) is 4. The van der Waals surface area contributed by atoms with Gasteiger partial charge in [-0.3, -0.25) is 0 Å². The molecule has 0 fully saturated rings. The van der Waals surface area contributed by atoms with Crippen LogP contribution in [-0.4, -0.2) is 19.3 Å². The van der Waals surface area contributed by atoms with Gasteiger partial charge in [-0.05, 0) is 18.2 Å². The fourth-order valence-electron chi connectivity index (χ4n) is 1.86. The molecule has 0 radical (unpaired) electrons. The highest BCUT2D eigenvalue weighted by Gasteiger charge is 2.07. The lowest BCUT2D eigenvalue weighted by Gasteiger charge is -2.12. The predicted molar refractivity (Wildman–Crippen MR) is 82.7 cm³/mol. The third-order valence-corrected chi connectivity index (χ3v) is 3.35. The zero-order chi connectivity index (χ0) is 14.5. The highest BCUT2D eigenvalue weighted by molar-refractivity contribution is 9.10. The fourth-order valence-corrected chi connectivity index (χ4v) is 2.33. The number of nitrogens with one attached hydrogen (secondary N) is 1. The number of ether oxygens (including phenoxy) is 2. The summed E-state index contributed by atoms with van der Waals surface area (Å²) < 4.78 is 11.2. The summed E-state index contributed by atoms with van der Waals surface area (Å²) in [5.74, 6) is 1.39. The maximum atomic E-state index is 10.0. The molecule has 5 heteroatoms. The van der Waals surface area contributed by atoms with Crippen molar-refractivity contribution in [1.29, 1.82) is 0 Å². The van der Waals surface area contributed by atoms with Crippen LogP contribution in [0.5, 0.6) is 17.2 Å². The first-order chi connectivity index (χ1) is 9.63. The van der Waals surface area contributed by atoms with E-state index in [1.807, 2.05) is 30.3 Å². The van der Waals surface area contributed by atoms with Crippen molar-refractivity contribution in [2.24, 2.45) is 0 Å². The molecule has 0 saturated heterocycles. The first-order valence-corrected chi connectivity index (χ1v) is 6.86. The second kappa shape index (κ2) is 6.52. The molecule has 0 aliphatic heterocycles. The Kier molecular flexibility index (Phi) is 4.74. The van der Waals surface area contributed by atoms with Gasteiger partial charge in [-0.1, -0.05) is 28.1 Å². The topological polar surface area (TPSA) is 50.7 Å². The van der Waals surface area contributed by atoms with Crippen molar-refractivity contribution >= 4 is 21.6 Å². The van der Waals surface area contributed by atoms with Gasteiger partial charge in [0.05, 0.1) is 14.2 Å². The van der Waals surface area contributed by atoms with Gasteiger partial charge in [0.2, 0.25) is 0 Å². The summed E-state index contributed by atoms with van der Waals surface area (Å²) in [5.41, 5.74) is 1.67. The standard InChI is InChI=1S/C15H16BrNO3/c1-19-13-7-11(16)6-12(8-13)17-9-10-4-3-5-14(20-2)15(10)18/h3-8,17-18H,9H2,1-2H3. The van der Waals surface area contributed by atoms with Gasteiger partial charge < -0.3 is 19.9 Å². The quantitative estimate of drug-likeness (QED) is 0.871. The lowest BCUT2D eigenvalue weighted by molar-refractivity contribution is 0.371. The molecule has 0 aliphatic carbocycles. The summed E-state index contributed by atoms with van der Waals surface area (Å²) in [7, 11) is 3.16. The van der Waals surface area contributed by atoms with E-state index in [1.165, 1.54) is 7.11 Å². The Morgan fingerprint density at radius 3 is 2.65 bits per heavy atom.